The normalized spacial score (nSPS) is 10.2. The van der Waals surface area contributed by atoms with Gasteiger partial charge in [-0.05, 0) is 37.6 Å². The Morgan fingerprint density at radius 1 is 1.38 bits per heavy atom. The van der Waals surface area contributed by atoms with E-state index in [1.807, 2.05) is 6.92 Å². The van der Waals surface area contributed by atoms with E-state index in [1.54, 1.807) is 6.92 Å². The molecule has 7 heteroatoms. The van der Waals surface area contributed by atoms with Gasteiger partial charge >= 0.3 is 0 Å². The van der Waals surface area contributed by atoms with Crippen LogP contribution in [0.15, 0.2) is 30.3 Å². The van der Waals surface area contributed by atoms with E-state index in [2.05, 4.69) is 10.3 Å². The fourth-order valence-electron chi connectivity index (χ4n) is 1.72. The highest BCUT2D eigenvalue weighted by Crippen LogP contribution is 2.27. The summed E-state index contributed by atoms with van der Waals surface area (Å²) in [6.45, 7) is 4.03. The zero-order chi connectivity index (χ0) is 15.4. The lowest BCUT2D eigenvalue weighted by Gasteiger charge is -2.08. The molecule has 1 aromatic heterocycles. The first-order valence-electron chi connectivity index (χ1n) is 6.34. The van der Waals surface area contributed by atoms with Crippen LogP contribution in [-0.4, -0.2) is 16.5 Å². The molecule has 0 saturated heterocycles. The Hall–Kier alpha value is -2.70. The second-order valence-electron chi connectivity index (χ2n) is 4.35. The fraction of sp³-hybridized carbons (Fsp3) is 0.214. The minimum absolute atomic E-state index is 0.0751. The van der Waals surface area contributed by atoms with E-state index >= 15 is 0 Å². The fourth-order valence-corrected chi connectivity index (χ4v) is 1.72. The molecule has 0 aliphatic rings. The van der Waals surface area contributed by atoms with E-state index in [0.29, 0.717) is 23.7 Å². The summed E-state index contributed by atoms with van der Waals surface area (Å²) in [5, 5.41) is 13.8. The predicted molar refractivity (Wildman–Crippen MR) is 76.3 cm³/mol. The molecular formula is C14H14FN3O3. The Balaban J connectivity index is 2.33. The van der Waals surface area contributed by atoms with Crippen LogP contribution in [0.2, 0.25) is 0 Å². The SMILES string of the molecule is CCNc1cc([N+](=O)[O-])cc(Oc2ccc(F)c(C)c2)n1. The third-order valence-electron chi connectivity index (χ3n) is 2.71. The number of nitrogens with zero attached hydrogens (tertiary/aromatic N) is 2. The Morgan fingerprint density at radius 3 is 2.76 bits per heavy atom. The zero-order valence-electron chi connectivity index (χ0n) is 11.6. The van der Waals surface area contributed by atoms with Crippen LogP contribution in [0.5, 0.6) is 11.6 Å². The van der Waals surface area contributed by atoms with Crippen molar-refractivity contribution in [2.24, 2.45) is 0 Å². The molecule has 0 fully saturated rings. The van der Waals surface area contributed by atoms with Gasteiger partial charge in [-0.1, -0.05) is 0 Å². The van der Waals surface area contributed by atoms with Crippen LogP contribution in [0.25, 0.3) is 0 Å². The maximum Gasteiger partial charge on any atom is 0.278 e. The molecule has 0 bridgehead atoms. The molecule has 0 aliphatic carbocycles. The van der Waals surface area contributed by atoms with Crippen LogP contribution in [0.4, 0.5) is 15.9 Å². The van der Waals surface area contributed by atoms with Crippen molar-refractivity contribution < 1.29 is 14.1 Å². The summed E-state index contributed by atoms with van der Waals surface area (Å²) in [6, 6.07) is 6.76. The quantitative estimate of drug-likeness (QED) is 0.672. The third kappa shape index (κ3) is 3.65. The summed E-state index contributed by atoms with van der Waals surface area (Å²) in [7, 11) is 0. The molecule has 0 radical (unpaired) electrons. The minimum atomic E-state index is -0.523. The average Bonchev–Trinajstić information content (AvgIpc) is 2.43. The van der Waals surface area contributed by atoms with Gasteiger partial charge in [0.15, 0.2) is 0 Å². The van der Waals surface area contributed by atoms with Crippen LogP contribution in [0, 0.1) is 22.9 Å². The summed E-state index contributed by atoms with van der Waals surface area (Å²) in [5.74, 6) is 0.443. The number of hydrogen-bond donors (Lipinski definition) is 1. The molecule has 110 valence electrons. The highest BCUT2D eigenvalue weighted by Gasteiger charge is 2.13. The topological polar surface area (TPSA) is 77.3 Å². The van der Waals surface area contributed by atoms with Gasteiger partial charge in [0, 0.05) is 6.54 Å². The van der Waals surface area contributed by atoms with Crippen LogP contribution in [0.1, 0.15) is 12.5 Å². The molecule has 2 aromatic rings. The van der Waals surface area contributed by atoms with E-state index < -0.39 is 4.92 Å². The van der Waals surface area contributed by atoms with Crippen molar-refractivity contribution in [3.8, 4) is 11.6 Å². The van der Waals surface area contributed by atoms with Gasteiger partial charge in [0.25, 0.3) is 5.69 Å². The summed E-state index contributed by atoms with van der Waals surface area (Å²) < 4.78 is 18.7. The van der Waals surface area contributed by atoms with E-state index in [9.17, 15) is 14.5 Å². The molecule has 0 atom stereocenters. The van der Waals surface area contributed by atoms with Crippen LogP contribution >= 0.6 is 0 Å². The predicted octanol–water partition coefficient (Wildman–Crippen LogP) is 3.66. The number of nitrogens with one attached hydrogen (secondary N) is 1. The van der Waals surface area contributed by atoms with Gasteiger partial charge < -0.3 is 10.1 Å². The van der Waals surface area contributed by atoms with Crippen molar-refractivity contribution in [2.75, 3.05) is 11.9 Å². The lowest BCUT2D eigenvalue weighted by Crippen LogP contribution is -2.02. The van der Waals surface area contributed by atoms with Gasteiger partial charge in [0.05, 0.1) is 17.1 Å². The highest BCUT2D eigenvalue weighted by atomic mass is 19.1. The number of aryl methyl sites for hydroxylation is 1. The second-order valence-corrected chi connectivity index (χ2v) is 4.35. The number of nitro groups is 1. The largest absolute Gasteiger partial charge is 0.439 e. The monoisotopic (exact) mass is 291 g/mol. The van der Waals surface area contributed by atoms with E-state index in [4.69, 9.17) is 4.74 Å². The second kappa shape index (κ2) is 6.17. The van der Waals surface area contributed by atoms with Crippen molar-refractivity contribution >= 4 is 11.5 Å². The van der Waals surface area contributed by atoms with Crippen molar-refractivity contribution in [3.05, 3.63) is 51.8 Å². The molecule has 2 rings (SSSR count). The van der Waals surface area contributed by atoms with Crippen molar-refractivity contribution in [3.63, 3.8) is 0 Å². The molecule has 1 aromatic carbocycles. The highest BCUT2D eigenvalue weighted by molar-refractivity contribution is 5.49. The summed E-state index contributed by atoms with van der Waals surface area (Å²) in [6.07, 6.45) is 0. The Morgan fingerprint density at radius 2 is 2.14 bits per heavy atom. The molecule has 0 spiro atoms. The van der Waals surface area contributed by atoms with Gasteiger partial charge in [-0.3, -0.25) is 10.1 Å². The van der Waals surface area contributed by atoms with E-state index in [0.717, 1.165) is 0 Å². The maximum atomic E-state index is 13.2. The Kier molecular flexibility index (Phi) is 4.32. The summed E-state index contributed by atoms with van der Waals surface area (Å²) >= 11 is 0. The summed E-state index contributed by atoms with van der Waals surface area (Å²) in [5.41, 5.74) is 0.291. The average molecular weight is 291 g/mol. The molecule has 0 aliphatic heterocycles. The zero-order valence-corrected chi connectivity index (χ0v) is 11.6. The molecule has 0 amide bonds. The number of aromatic nitrogens is 1. The number of hydrogen-bond acceptors (Lipinski definition) is 5. The molecule has 0 saturated carbocycles. The number of halogens is 1. The van der Waals surface area contributed by atoms with E-state index in [-0.39, 0.29) is 17.4 Å². The number of benzene rings is 1. The number of ether oxygens (including phenoxy) is 1. The van der Waals surface area contributed by atoms with Crippen LogP contribution in [-0.2, 0) is 0 Å². The lowest BCUT2D eigenvalue weighted by molar-refractivity contribution is -0.384. The first kappa shape index (κ1) is 14.7. The molecule has 6 nitrogen and oxygen atoms in total. The maximum absolute atomic E-state index is 13.2. The Bertz CT molecular complexity index is 677. The lowest BCUT2D eigenvalue weighted by atomic mass is 10.2. The number of rotatable bonds is 5. The van der Waals surface area contributed by atoms with Gasteiger partial charge in [0.2, 0.25) is 5.88 Å². The number of pyridine rings is 1. The van der Waals surface area contributed by atoms with Gasteiger partial charge in [0.1, 0.15) is 17.4 Å². The molecule has 1 N–H and O–H groups in total. The van der Waals surface area contributed by atoms with Crippen molar-refractivity contribution in [2.45, 2.75) is 13.8 Å². The minimum Gasteiger partial charge on any atom is -0.439 e. The standard InChI is InChI=1S/C14H14FN3O3/c1-3-16-13-7-10(18(19)20)8-14(17-13)21-11-4-5-12(15)9(2)6-11/h4-8H,3H2,1-2H3,(H,16,17). The Labute approximate surface area is 120 Å². The molecular weight excluding hydrogens is 277 g/mol. The van der Waals surface area contributed by atoms with Crippen LogP contribution < -0.4 is 10.1 Å². The third-order valence-corrected chi connectivity index (χ3v) is 2.71. The summed E-state index contributed by atoms with van der Waals surface area (Å²) in [4.78, 5) is 14.5. The van der Waals surface area contributed by atoms with Crippen LogP contribution in [0.3, 0.4) is 0 Å². The van der Waals surface area contributed by atoms with Crippen molar-refractivity contribution in [1.29, 1.82) is 0 Å². The van der Waals surface area contributed by atoms with Gasteiger partial charge in [-0.25, -0.2) is 4.39 Å². The first-order chi connectivity index (χ1) is 9.99. The van der Waals surface area contributed by atoms with Gasteiger partial charge in [-0.15, -0.1) is 0 Å². The smallest absolute Gasteiger partial charge is 0.278 e. The molecule has 21 heavy (non-hydrogen) atoms. The van der Waals surface area contributed by atoms with Gasteiger partial charge in [-0.2, -0.15) is 4.98 Å². The molecule has 0 unspecified atom stereocenters. The number of anilines is 1. The first-order valence-corrected chi connectivity index (χ1v) is 6.34. The van der Waals surface area contributed by atoms with Crippen molar-refractivity contribution in [1.82, 2.24) is 4.98 Å². The molecule has 1 heterocycles. The van der Waals surface area contributed by atoms with E-state index in [1.165, 1.54) is 30.3 Å².